The summed E-state index contributed by atoms with van der Waals surface area (Å²) in [5, 5.41) is 19.7. The number of unbranched alkanes of at least 4 members (excludes halogenated alkanes) is 1. The smallest absolute Gasteiger partial charge is 0.101 e. The van der Waals surface area contributed by atoms with Gasteiger partial charge < -0.3 is 0 Å². The second-order valence-electron chi connectivity index (χ2n) is 8.09. The number of hydrogen-bond donors (Lipinski definition) is 0. The van der Waals surface area contributed by atoms with Gasteiger partial charge in [-0.3, -0.25) is 0 Å². The van der Waals surface area contributed by atoms with Crippen LogP contribution in [0.4, 0.5) is 0 Å². The van der Waals surface area contributed by atoms with Gasteiger partial charge in [-0.1, -0.05) is 69.5 Å². The minimum atomic E-state index is 0.413. The third-order valence-corrected chi connectivity index (χ3v) is 6.39. The molecule has 1 fully saturated rings. The van der Waals surface area contributed by atoms with Crippen LogP contribution in [-0.4, -0.2) is 0 Å². The first-order valence-electron chi connectivity index (χ1n) is 10.8. The quantitative estimate of drug-likeness (QED) is 0.543. The second-order valence-corrected chi connectivity index (χ2v) is 8.09. The van der Waals surface area contributed by atoms with Crippen LogP contribution in [0.15, 0.2) is 36.4 Å². The summed E-state index contributed by atoms with van der Waals surface area (Å²) in [6.45, 7) is 4.39. The van der Waals surface area contributed by atoms with Gasteiger partial charge in [0.1, 0.15) is 12.1 Å². The van der Waals surface area contributed by atoms with Gasteiger partial charge in [0.25, 0.3) is 0 Å². The van der Waals surface area contributed by atoms with E-state index < -0.39 is 0 Å². The average Bonchev–Trinajstić information content (AvgIpc) is 2.77. The largest absolute Gasteiger partial charge is 0.192 e. The molecule has 0 N–H and O–H groups in total. The fourth-order valence-electron chi connectivity index (χ4n) is 4.61. The summed E-state index contributed by atoms with van der Waals surface area (Å²) < 4.78 is 0. The van der Waals surface area contributed by atoms with Gasteiger partial charge in [-0.2, -0.15) is 10.5 Å². The van der Waals surface area contributed by atoms with E-state index in [1.165, 1.54) is 37.7 Å². The molecule has 0 atom stereocenters. The summed E-state index contributed by atoms with van der Waals surface area (Å²) in [5.41, 5.74) is 5.39. The maximum atomic E-state index is 9.88. The molecule has 0 unspecified atom stereocenters. The van der Waals surface area contributed by atoms with E-state index in [1.54, 1.807) is 0 Å². The van der Waals surface area contributed by atoms with Gasteiger partial charge in [0.2, 0.25) is 0 Å². The fraction of sp³-hybridized carbons (Fsp3) is 0.462. The number of benzene rings is 2. The van der Waals surface area contributed by atoms with Crippen LogP contribution in [0.25, 0.3) is 11.1 Å². The molecule has 0 heterocycles. The maximum Gasteiger partial charge on any atom is 0.101 e. The van der Waals surface area contributed by atoms with Gasteiger partial charge in [0.15, 0.2) is 0 Å². The first-order valence-corrected chi connectivity index (χ1v) is 10.8. The second kappa shape index (κ2) is 9.57. The first-order chi connectivity index (χ1) is 13.7. The fourth-order valence-corrected chi connectivity index (χ4v) is 4.61. The molecule has 0 spiro atoms. The Balaban J connectivity index is 1.88. The monoisotopic (exact) mass is 370 g/mol. The standard InChI is InChI=1S/C26H30N2/c1-3-5-6-20-9-13-22(14-10-20)24-16-15-23(25(17-27)26(24)18-28)21-11-7-19(4-2)8-12-21/h7-8,11-12,15-16,20,22H,3-6,9-10,13-14H2,1-2H3. The number of hydrogen-bond acceptors (Lipinski definition) is 2. The van der Waals surface area contributed by atoms with Crippen LogP contribution in [0.3, 0.4) is 0 Å². The Hall–Kier alpha value is -2.58. The van der Waals surface area contributed by atoms with E-state index in [4.69, 9.17) is 0 Å². The topological polar surface area (TPSA) is 47.6 Å². The number of rotatable bonds is 6. The molecule has 1 saturated carbocycles. The van der Waals surface area contributed by atoms with E-state index in [0.29, 0.717) is 17.0 Å². The lowest BCUT2D eigenvalue weighted by Crippen LogP contribution is -2.15. The third kappa shape index (κ3) is 4.28. The lowest BCUT2D eigenvalue weighted by Gasteiger charge is -2.29. The first kappa shape index (κ1) is 20.2. The zero-order chi connectivity index (χ0) is 19.9. The van der Waals surface area contributed by atoms with Crippen LogP contribution in [0.1, 0.15) is 87.0 Å². The Morgan fingerprint density at radius 2 is 1.54 bits per heavy atom. The van der Waals surface area contributed by atoms with Gasteiger partial charge in [0.05, 0.1) is 11.1 Å². The highest BCUT2D eigenvalue weighted by atomic mass is 14.3. The van der Waals surface area contributed by atoms with Crippen LogP contribution in [0.5, 0.6) is 0 Å². The lowest BCUT2D eigenvalue weighted by molar-refractivity contribution is 0.304. The molecule has 1 aliphatic carbocycles. The molecule has 144 valence electrons. The zero-order valence-electron chi connectivity index (χ0n) is 17.2. The normalized spacial score (nSPS) is 19.0. The summed E-state index contributed by atoms with van der Waals surface area (Å²) in [5.74, 6) is 1.25. The van der Waals surface area contributed by atoms with Gasteiger partial charge in [-0.15, -0.1) is 0 Å². The molecule has 2 aromatic rings. The van der Waals surface area contributed by atoms with E-state index in [0.717, 1.165) is 41.9 Å². The van der Waals surface area contributed by atoms with Crippen molar-refractivity contribution in [1.82, 2.24) is 0 Å². The maximum absolute atomic E-state index is 9.88. The average molecular weight is 371 g/mol. The Labute approximate surface area is 169 Å². The van der Waals surface area contributed by atoms with Crippen LogP contribution < -0.4 is 0 Å². The molecule has 0 amide bonds. The predicted molar refractivity (Wildman–Crippen MR) is 115 cm³/mol. The Morgan fingerprint density at radius 1 is 0.857 bits per heavy atom. The van der Waals surface area contributed by atoms with Crippen molar-refractivity contribution < 1.29 is 0 Å². The molecule has 0 aliphatic heterocycles. The molecule has 28 heavy (non-hydrogen) atoms. The Morgan fingerprint density at radius 3 is 2.11 bits per heavy atom. The van der Waals surface area contributed by atoms with Gasteiger partial charge in [-0.05, 0) is 60.6 Å². The lowest BCUT2D eigenvalue weighted by atomic mass is 9.75. The van der Waals surface area contributed by atoms with E-state index in [-0.39, 0.29) is 0 Å². The highest BCUT2D eigenvalue weighted by Crippen LogP contribution is 2.40. The number of aryl methyl sites for hydroxylation is 1. The molecule has 0 radical (unpaired) electrons. The minimum Gasteiger partial charge on any atom is -0.192 e. The molecule has 2 heteroatoms. The predicted octanol–water partition coefficient (Wildman–Crippen LogP) is 7.12. The highest BCUT2D eigenvalue weighted by Gasteiger charge is 2.26. The van der Waals surface area contributed by atoms with Gasteiger partial charge >= 0.3 is 0 Å². The van der Waals surface area contributed by atoms with Crippen LogP contribution in [0, 0.1) is 28.6 Å². The van der Waals surface area contributed by atoms with Crippen molar-refractivity contribution in [1.29, 1.82) is 10.5 Å². The summed E-state index contributed by atoms with van der Waals surface area (Å²) in [6.07, 6.45) is 9.69. The van der Waals surface area contributed by atoms with Crippen molar-refractivity contribution in [3.63, 3.8) is 0 Å². The summed E-state index contributed by atoms with van der Waals surface area (Å²) in [4.78, 5) is 0. The third-order valence-electron chi connectivity index (χ3n) is 6.39. The van der Waals surface area contributed by atoms with Crippen molar-refractivity contribution in [3.05, 3.63) is 58.7 Å². The zero-order valence-corrected chi connectivity index (χ0v) is 17.2. The summed E-state index contributed by atoms with van der Waals surface area (Å²) in [7, 11) is 0. The van der Waals surface area contributed by atoms with E-state index in [2.05, 4.69) is 62.4 Å². The molecular weight excluding hydrogens is 340 g/mol. The molecule has 1 aliphatic rings. The molecule has 0 saturated heterocycles. The SMILES string of the molecule is CCCCC1CCC(c2ccc(-c3ccc(CC)cc3)c(C#N)c2C#N)CC1. The van der Waals surface area contributed by atoms with Crippen molar-refractivity contribution in [2.75, 3.05) is 0 Å². The Kier molecular flexibility index (Phi) is 6.89. The van der Waals surface area contributed by atoms with Crippen LogP contribution in [-0.2, 0) is 6.42 Å². The van der Waals surface area contributed by atoms with E-state index in [1.807, 2.05) is 0 Å². The van der Waals surface area contributed by atoms with E-state index >= 15 is 0 Å². The summed E-state index contributed by atoms with van der Waals surface area (Å²) in [6, 6.07) is 17.2. The molecule has 2 nitrogen and oxygen atoms in total. The molecule has 3 rings (SSSR count). The van der Waals surface area contributed by atoms with Crippen LogP contribution in [0.2, 0.25) is 0 Å². The number of nitriles is 2. The minimum absolute atomic E-state index is 0.413. The highest BCUT2D eigenvalue weighted by molar-refractivity contribution is 5.75. The Bertz CT molecular complexity index is 872. The van der Waals surface area contributed by atoms with Crippen molar-refractivity contribution in [2.45, 2.75) is 71.1 Å². The van der Waals surface area contributed by atoms with Crippen molar-refractivity contribution >= 4 is 0 Å². The van der Waals surface area contributed by atoms with Crippen molar-refractivity contribution in [2.24, 2.45) is 5.92 Å². The molecule has 0 bridgehead atoms. The van der Waals surface area contributed by atoms with Crippen molar-refractivity contribution in [3.8, 4) is 23.3 Å². The van der Waals surface area contributed by atoms with Gasteiger partial charge in [0, 0.05) is 5.56 Å². The molecule has 2 aromatic carbocycles. The number of nitrogens with zero attached hydrogens (tertiary/aromatic N) is 2. The van der Waals surface area contributed by atoms with Gasteiger partial charge in [-0.25, -0.2) is 0 Å². The van der Waals surface area contributed by atoms with Crippen LogP contribution >= 0.6 is 0 Å². The molecule has 0 aromatic heterocycles. The summed E-state index contributed by atoms with van der Waals surface area (Å²) >= 11 is 0. The molecular formula is C26H30N2. The van der Waals surface area contributed by atoms with E-state index in [9.17, 15) is 10.5 Å².